The van der Waals surface area contributed by atoms with E-state index in [9.17, 15) is 0 Å². The summed E-state index contributed by atoms with van der Waals surface area (Å²) < 4.78 is 1.68. The van der Waals surface area contributed by atoms with Crippen LogP contribution in [0.15, 0.2) is 33.3 Å². The lowest BCUT2D eigenvalue weighted by Crippen LogP contribution is -2.16. The molecule has 106 valence electrons. The van der Waals surface area contributed by atoms with Crippen LogP contribution >= 0.6 is 43.5 Å². The second kappa shape index (κ2) is 6.00. The number of hydrogen-bond donors (Lipinski definition) is 1. The van der Waals surface area contributed by atoms with Gasteiger partial charge in [0.05, 0.1) is 10.7 Å². The molecule has 0 saturated carbocycles. The van der Waals surface area contributed by atoms with Gasteiger partial charge in [-0.05, 0) is 34.1 Å². The molecule has 1 aromatic heterocycles. The van der Waals surface area contributed by atoms with E-state index in [1.807, 2.05) is 24.3 Å². The van der Waals surface area contributed by atoms with Gasteiger partial charge in [-0.2, -0.15) is 0 Å². The monoisotopic (exact) mass is 417 g/mol. The summed E-state index contributed by atoms with van der Waals surface area (Å²) in [4.78, 5) is 8.95. The van der Waals surface area contributed by atoms with Crippen molar-refractivity contribution in [1.29, 1.82) is 0 Å². The second-order valence-corrected chi connectivity index (χ2v) is 7.53. The fourth-order valence-corrected chi connectivity index (χ4v) is 2.65. The molecule has 0 aliphatic carbocycles. The number of aromatic nitrogens is 2. The highest BCUT2D eigenvalue weighted by Gasteiger charge is 2.19. The zero-order chi connectivity index (χ0) is 14.9. The largest absolute Gasteiger partial charge is 0.339 e. The Bertz CT molecular complexity index is 639. The lowest BCUT2D eigenvalue weighted by atomic mass is 9.96. The SMILES string of the molecule is CC(C)(C)c1nc(Br)cc(Nc2ccc(Br)cc2Cl)n1. The first-order valence-corrected chi connectivity index (χ1v) is 7.99. The maximum Gasteiger partial charge on any atom is 0.137 e. The maximum absolute atomic E-state index is 6.20. The number of nitrogens with one attached hydrogen (secondary N) is 1. The first-order valence-electron chi connectivity index (χ1n) is 6.03. The lowest BCUT2D eigenvalue weighted by molar-refractivity contribution is 0.544. The Morgan fingerprint density at radius 1 is 1.10 bits per heavy atom. The van der Waals surface area contributed by atoms with Crippen molar-refractivity contribution in [3.8, 4) is 0 Å². The Balaban J connectivity index is 2.36. The molecule has 0 spiro atoms. The number of nitrogens with zero attached hydrogens (tertiary/aromatic N) is 2. The average molecular weight is 420 g/mol. The number of rotatable bonds is 2. The molecule has 0 aliphatic heterocycles. The molecule has 0 saturated heterocycles. The Labute approximate surface area is 140 Å². The third kappa shape index (κ3) is 3.93. The zero-order valence-corrected chi connectivity index (χ0v) is 15.3. The van der Waals surface area contributed by atoms with Crippen LogP contribution in [0.25, 0.3) is 0 Å². The van der Waals surface area contributed by atoms with Crippen molar-refractivity contribution in [3.63, 3.8) is 0 Å². The van der Waals surface area contributed by atoms with Crippen molar-refractivity contribution >= 4 is 55.0 Å². The Morgan fingerprint density at radius 2 is 1.80 bits per heavy atom. The van der Waals surface area contributed by atoms with E-state index in [0.717, 1.165) is 20.6 Å². The minimum atomic E-state index is -0.121. The molecule has 1 N–H and O–H groups in total. The predicted molar refractivity (Wildman–Crippen MR) is 90.9 cm³/mol. The summed E-state index contributed by atoms with van der Waals surface area (Å²) in [5.74, 6) is 1.48. The van der Waals surface area contributed by atoms with Crippen LogP contribution in [0.3, 0.4) is 0 Å². The summed E-state index contributed by atoms with van der Waals surface area (Å²) in [6.07, 6.45) is 0. The van der Waals surface area contributed by atoms with Gasteiger partial charge in [-0.1, -0.05) is 48.3 Å². The molecule has 6 heteroatoms. The van der Waals surface area contributed by atoms with Crippen LogP contribution in [-0.4, -0.2) is 9.97 Å². The van der Waals surface area contributed by atoms with Gasteiger partial charge in [0, 0.05) is 16.0 Å². The first kappa shape index (κ1) is 15.7. The van der Waals surface area contributed by atoms with E-state index in [1.165, 1.54) is 0 Å². The number of hydrogen-bond acceptors (Lipinski definition) is 3. The number of benzene rings is 1. The van der Waals surface area contributed by atoms with E-state index >= 15 is 0 Å². The van der Waals surface area contributed by atoms with E-state index in [0.29, 0.717) is 10.8 Å². The highest BCUT2D eigenvalue weighted by atomic mass is 79.9. The van der Waals surface area contributed by atoms with Crippen molar-refractivity contribution in [2.24, 2.45) is 0 Å². The third-order valence-corrected chi connectivity index (χ3v) is 3.77. The van der Waals surface area contributed by atoms with E-state index in [1.54, 1.807) is 0 Å². The Kier molecular flexibility index (Phi) is 4.72. The average Bonchev–Trinajstić information content (AvgIpc) is 2.31. The van der Waals surface area contributed by atoms with E-state index in [2.05, 4.69) is 67.9 Å². The topological polar surface area (TPSA) is 37.8 Å². The summed E-state index contributed by atoms with van der Waals surface area (Å²) in [5, 5.41) is 3.85. The molecule has 0 amide bonds. The van der Waals surface area contributed by atoms with Crippen LogP contribution < -0.4 is 5.32 Å². The van der Waals surface area contributed by atoms with Crippen molar-refractivity contribution in [1.82, 2.24) is 9.97 Å². The van der Waals surface area contributed by atoms with Gasteiger partial charge in [0.2, 0.25) is 0 Å². The van der Waals surface area contributed by atoms with Gasteiger partial charge in [-0.25, -0.2) is 9.97 Å². The lowest BCUT2D eigenvalue weighted by Gasteiger charge is -2.18. The summed E-state index contributed by atoms with van der Waals surface area (Å²) in [5.41, 5.74) is 0.685. The van der Waals surface area contributed by atoms with E-state index < -0.39 is 0 Å². The van der Waals surface area contributed by atoms with Gasteiger partial charge < -0.3 is 5.32 Å². The van der Waals surface area contributed by atoms with E-state index in [-0.39, 0.29) is 5.41 Å². The standard InChI is InChI=1S/C14H14Br2ClN3/c1-14(2,3)13-19-11(16)7-12(20-13)18-10-5-4-8(15)6-9(10)17/h4-7H,1-3H3,(H,18,19,20). The van der Waals surface area contributed by atoms with Crippen LogP contribution in [-0.2, 0) is 5.41 Å². The molecule has 0 aliphatic rings. The highest BCUT2D eigenvalue weighted by Crippen LogP contribution is 2.29. The van der Waals surface area contributed by atoms with Gasteiger partial charge >= 0.3 is 0 Å². The molecule has 0 radical (unpaired) electrons. The minimum Gasteiger partial charge on any atom is -0.339 e. The summed E-state index contributed by atoms with van der Waals surface area (Å²) in [6, 6.07) is 7.49. The molecule has 20 heavy (non-hydrogen) atoms. The number of anilines is 2. The van der Waals surface area contributed by atoms with Gasteiger partial charge in [0.1, 0.15) is 16.2 Å². The van der Waals surface area contributed by atoms with Crippen LogP contribution in [0.4, 0.5) is 11.5 Å². The molecule has 0 unspecified atom stereocenters. The molecule has 1 heterocycles. The zero-order valence-electron chi connectivity index (χ0n) is 11.3. The molecule has 2 aromatic rings. The van der Waals surface area contributed by atoms with Crippen LogP contribution in [0.2, 0.25) is 5.02 Å². The first-order chi connectivity index (χ1) is 9.25. The smallest absolute Gasteiger partial charge is 0.137 e. The molecule has 0 fully saturated rings. The molecule has 0 atom stereocenters. The van der Waals surface area contributed by atoms with Crippen molar-refractivity contribution in [3.05, 3.63) is 44.2 Å². The minimum absolute atomic E-state index is 0.121. The fraction of sp³-hybridized carbons (Fsp3) is 0.286. The highest BCUT2D eigenvalue weighted by molar-refractivity contribution is 9.10. The van der Waals surface area contributed by atoms with Gasteiger partial charge in [-0.3, -0.25) is 0 Å². The Hall–Kier alpha value is -0.650. The summed E-state index contributed by atoms with van der Waals surface area (Å²) >= 11 is 13.0. The van der Waals surface area contributed by atoms with Crippen molar-refractivity contribution < 1.29 is 0 Å². The normalized spacial score (nSPS) is 11.5. The van der Waals surface area contributed by atoms with Gasteiger partial charge in [0.15, 0.2) is 0 Å². The van der Waals surface area contributed by atoms with Crippen LogP contribution in [0.1, 0.15) is 26.6 Å². The van der Waals surface area contributed by atoms with Crippen molar-refractivity contribution in [2.75, 3.05) is 5.32 Å². The molecular formula is C14H14Br2ClN3. The second-order valence-electron chi connectivity index (χ2n) is 5.40. The number of halogens is 3. The Morgan fingerprint density at radius 3 is 2.40 bits per heavy atom. The van der Waals surface area contributed by atoms with E-state index in [4.69, 9.17) is 11.6 Å². The summed E-state index contributed by atoms with van der Waals surface area (Å²) in [7, 11) is 0. The van der Waals surface area contributed by atoms with Gasteiger partial charge in [-0.15, -0.1) is 0 Å². The van der Waals surface area contributed by atoms with Crippen molar-refractivity contribution in [2.45, 2.75) is 26.2 Å². The summed E-state index contributed by atoms with van der Waals surface area (Å²) in [6.45, 7) is 6.22. The third-order valence-electron chi connectivity index (χ3n) is 2.56. The van der Waals surface area contributed by atoms with Crippen LogP contribution in [0.5, 0.6) is 0 Å². The molecule has 1 aromatic carbocycles. The maximum atomic E-state index is 6.20. The quantitative estimate of drug-likeness (QED) is 0.635. The molecule has 2 rings (SSSR count). The molecular weight excluding hydrogens is 405 g/mol. The fourth-order valence-electron chi connectivity index (χ4n) is 1.55. The molecule has 3 nitrogen and oxygen atoms in total. The van der Waals surface area contributed by atoms with Crippen LogP contribution in [0, 0.1) is 0 Å². The molecule has 0 bridgehead atoms. The predicted octanol–water partition coefficient (Wildman–Crippen LogP) is 5.70. The van der Waals surface area contributed by atoms with Gasteiger partial charge in [0.25, 0.3) is 0 Å².